The molecule has 2 aliphatic rings. The molecule has 0 spiro atoms. The highest BCUT2D eigenvalue weighted by Gasteiger charge is 2.42. The van der Waals surface area contributed by atoms with Crippen LogP contribution < -0.4 is 5.73 Å². The average molecular weight is 284 g/mol. The van der Waals surface area contributed by atoms with Gasteiger partial charge in [-0.3, -0.25) is 4.79 Å². The van der Waals surface area contributed by atoms with E-state index >= 15 is 0 Å². The van der Waals surface area contributed by atoms with E-state index in [4.69, 9.17) is 5.73 Å². The van der Waals surface area contributed by atoms with Gasteiger partial charge in [0.1, 0.15) is 0 Å². The Balaban J connectivity index is 1.48. The minimum absolute atomic E-state index is 0.158. The molecule has 1 saturated heterocycles. The minimum atomic E-state index is 0.158. The molecule has 1 saturated carbocycles. The van der Waals surface area contributed by atoms with E-state index in [1.54, 1.807) is 6.20 Å². The van der Waals surface area contributed by atoms with Crippen molar-refractivity contribution in [2.75, 3.05) is 13.1 Å². The number of likely N-dealkylation sites (tertiary alicyclic amines) is 1. The fourth-order valence-corrected chi connectivity index (χ4v) is 3.48. The number of pyridine rings is 1. The second-order valence-electron chi connectivity index (χ2n) is 6.34. The van der Waals surface area contributed by atoms with Crippen molar-refractivity contribution in [2.24, 2.45) is 17.6 Å². The summed E-state index contributed by atoms with van der Waals surface area (Å²) in [5.74, 6) is 1.44. The summed E-state index contributed by atoms with van der Waals surface area (Å²) < 4.78 is 1.81. The fraction of sp³-hybridized carbons (Fsp3) is 0.500. The molecular formula is C16H20N4O. The quantitative estimate of drug-likeness (QED) is 0.917. The molecule has 110 valence electrons. The first-order valence-electron chi connectivity index (χ1n) is 7.67. The van der Waals surface area contributed by atoms with Crippen LogP contribution in [0.1, 0.15) is 18.4 Å². The molecule has 2 aromatic rings. The predicted molar refractivity (Wildman–Crippen MR) is 79.7 cm³/mol. The maximum atomic E-state index is 12.5. The molecule has 21 heavy (non-hydrogen) atoms. The molecule has 0 bridgehead atoms. The largest absolute Gasteiger partial charge is 0.340 e. The smallest absolute Gasteiger partial charge is 0.227 e. The third-order valence-electron chi connectivity index (χ3n) is 4.84. The average Bonchev–Trinajstić information content (AvgIpc) is 3.14. The molecule has 1 aliphatic heterocycles. The van der Waals surface area contributed by atoms with Gasteiger partial charge < -0.3 is 10.6 Å². The predicted octanol–water partition coefficient (Wildman–Crippen LogP) is 1.07. The molecule has 0 unspecified atom stereocenters. The van der Waals surface area contributed by atoms with Crippen LogP contribution in [0.3, 0.4) is 0 Å². The molecule has 2 fully saturated rings. The lowest BCUT2D eigenvalue weighted by atomic mass is 9.99. The van der Waals surface area contributed by atoms with Gasteiger partial charge in [0.2, 0.25) is 5.91 Å². The van der Waals surface area contributed by atoms with Crippen molar-refractivity contribution in [3.8, 4) is 0 Å². The zero-order valence-electron chi connectivity index (χ0n) is 12.0. The van der Waals surface area contributed by atoms with Crippen molar-refractivity contribution in [1.82, 2.24) is 14.5 Å². The Hall–Kier alpha value is -1.88. The summed E-state index contributed by atoms with van der Waals surface area (Å²) in [6.07, 6.45) is 6.68. The number of carbonyl (C=O) groups excluding carboxylic acids is 1. The van der Waals surface area contributed by atoms with E-state index < -0.39 is 0 Å². The number of hydrogen-bond acceptors (Lipinski definition) is 3. The monoisotopic (exact) mass is 284 g/mol. The maximum Gasteiger partial charge on any atom is 0.227 e. The van der Waals surface area contributed by atoms with Crippen LogP contribution >= 0.6 is 0 Å². The van der Waals surface area contributed by atoms with Crippen LogP contribution in [0, 0.1) is 11.8 Å². The SMILES string of the molecule is N[C@@H]1CN(C(=O)Cc2cnn3ccccc23)C[C@H]1C1CC1. The Morgan fingerprint density at radius 1 is 1.33 bits per heavy atom. The second-order valence-corrected chi connectivity index (χ2v) is 6.34. The van der Waals surface area contributed by atoms with Crippen LogP contribution in [0.4, 0.5) is 0 Å². The molecule has 2 N–H and O–H groups in total. The first-order valence-corrected chi connectivity index (χ1v) is 7.67. The van der Waals surface area contributed by atoms with E-state index in [9.17, 15) is 4.79 Å². The standard InChI is InChI=1S/C16H20N4O/c17-14-10-19(9-13(14)11-4-5-11)16(21)7-12-8-18-20-6-2-1-3-15(12)20/h1-3,6,8,11,13-14H,4-5,7,9-10,17H2/t13-,14+/m0/s1. The lowest BCUT2D eigenvalue weighted by Crippen LogP contribution is -2.33. The van der Waals surface area contributed by atoms with E-state index in [1.165, 1.54) is 12.8 Å². The molecular weight excluding hydrogens is 264 g/mol. The molecule has 2 atom stereocenters. The number of nitrogens with zero attached hydrogens (tertiary/aromatic N) is 3. The van der Waals surface area contributed by atoms with Gasteiger partial charge in [-0.2, -0.15) is 5.10 Å². The number of carbonyl (C=O) groups is 1. The second kappa shape index (κ2) is 4.84. The third kappa shape index (κ3) is 2.31. The van der Waals surface area contributed by atoms with Crippen LogP contribution in [0.25, 0.3) is 5.52 Å². The number of aromatic nitrogens is 2. The van der Waals surface area contributed by atoms with Crippen LogP contribution in [-0.4, -0.2) is 39.6 Å². The van der Waals surface area contributed by atoms with Gasteiger partial charge in [0.15, 0.2) is 0 Å². The Morgan fingerprint density at radius 3 is 3.00 bits per heavy atom. The number of amides is 1. The molecule has 4 rings (SSSR count). The zero-order valence-corrected chi connectivity index (χ0v) is 12.0. The summed E-state index contributed by atoms with van der Waals surface area (Å²) in [5.41, 5.74) is 8.20. The molecule has 0 aromatic carbocycles. The summed E-state index contributed by atoms with van der Waals surface area (Å²) in [4.78, 5) is 14.5. The van der Waals surface area contributed by atoms with Crippen molar-refractivity contribution in [3.63, 3.8) is 0 Å². The van der Waals surface area contributed by atoms with Crippen LogP contribution in [0.15, 0.2) is 30.6 Å². The Morgan fingerprint density at radius 2 is 2.19 bits per heavy atom. The highest BCUT2D eigenvalue weighted by molar-refractivity contribution is 5.81. The van der Waals surface area contributed by atoms with E-state index in [2.05, 4.69) is 5.10 Å². The van der Waals surface area contributed by atoms with Gasteiger partial charge >= 0.3 is 0 Å². The highest BCUT2D eigenvalue weighted by atomic mass is 16.2. The van der Waals surface area contributed by atoms with E-state index in [-0.39, 0.29) is 11.9 Å². The van der Waals surface area contributed by atoms with Crippen LogP contribution in [-0.2, 0) is 11.2 Å². The van der Waals surface area contributed by atoms with E-state index in [0.717, 1.165) is 23.5 Å². The van der Waals surface area contributed by atoms with E-state index in [0.29, 0.717) is 18.9 Å². The van der Waals surface area contributed by atoms with Gasteiger partial charge in [0, 0.05) is 30.9 Å². The summed E-state index contributed by atoms with van der Waals surface area (Å²) in [6, 6.07) is 6.06. The van der Waals surface area contributed by atoms with Gasteiger partial charge in [0.25, 0.3) is 0 Å². The van der Waals surface area contributed by atoms with Gasteiger partial charge in [0.05, 0.1) is 18.1 Å². The molecule has 5 heteroatoms. The maximum absolute atomic E-state index is 12.5. The summed E-state index contributed by atoms with van der Waals surface area (Å²) >= 11 is 0. The lowest BCUT2D eigenvalue weighted by molar-refractivity contribution is -0.129. The molecule has 1 amide bonds. The molecule has 1 aliphatic carbocycles. The van der Waals surface area contributed by atoms with Gasteiger partial charge in [-0.05, 0) is 36.8 Å². The van der Waals surface area contributed by atoms with Gasteiger partial charge in [-0.25, -0.2) is 4.52 Å². The summed E-state index contributed by atoms with van der Waals surface area (Å²) in [5, 5.41) is 4.29. The highest BCUT2D eigenvalue weighted by Crippen LogP contribution is 2.40. The Labute approximate surface area is 123 Å². The van der Waals surface area contributed by atoms with E-state index in [1.807, 2.05) is 33.8 Å². The van der Waals surface area contributed by atoms with Crippen molar-refractivity contribution in [3.05, 3.63) is 36.2 Å². The van der Waals surface area contributed by atoms with Crippen LogP contribution in [0.5, 0.6) is 0 Å². The van der Waals surface area contributed by atoms with Crippen molar-refractivity contribution < 1.29 is 4.79 Å². The van der Waals surface area contributed by atoms with Crippen molar-refractivity contribution in [2.45, 2.75) is 25.3 Å². The molecule has 2 aromatic heterocycles. The number of rotatable bonds is 3. The Kier molecular flexibility index (Phi) is 2.96. The van der Waals surface area contributed by atoms with Gasteiger partial charge in [-0.1, -0.05) is 6.07 Å². The normalized spacial score (nSPS) is 25.7. The van der Waals surface area contributed by atoms with Crippen molar-refractivity contribution >= 4 is 11.4 Å². The topological polar surface area (TPSA) is 63.6 Å². The molecule has 0 radical (unpaired) electrons. The first-order chi connectivity index (χ1) is 10.2. The molecule has 3 heterocycles. The summed E-state index contributed by atoms with van der Waals surface area (Å²) in [6.45, 7) is 1.54. The minimum Gasteiger partial charge on any atom is -0.340 e. The zero-order chi connectivity index (χ0) is 14.4. The summed E-state index contributed by atoms with van der Waals surface area (Å²) in [7, 11) is 0. The fourth-order valence-electron chi connectivity index (χ4n) is 3.48. The number of nitrogens with two attached hydrogens (primary N) is 1. The Bertz CT molecular complexity index is 676. The van der Waals surface area contributed by atoms with Crippen molar-refractivity contribution in [1.29, 1.82) is 0 Å². The number of fused-ring (bicyclic) bond motifs is 1. The number of hydrogen-bond donors (Lipinski definition) is 1. The molecule has 5 nitrogen and oxygen atoms in total. The third-order valence-corrected chi connectivity index (χ3v) is 4.84. The van der Waals surface area contributed by atoms with Crippen LogP contribution in [0.2, 0.25) is 0 Å². The van der Waals surface area contributed by atoms with Gasteiger partial charge in [-0.15, -0.1) is 0 Å². The first kappa shape index (κ1) is 12.8. The lowest BCUT2D eigenvalue weighted by Gasteiger charge is -2.15.